The molecule has 0 radical (unpaired) electrons. The summed E-state index contributed by atoms with van der Waals surface area (Å²) in [6.45, 7) is 0. The number of aromatic hydroxyl groups is 1. The lowest BCUT2D eigenvalue weighted by atomic mass is 10.2. The van der Waals surface area contributed by atoms with Gasteiger partial charge in [-0.15, -0.1) is 0 Å². The minimum atomic E-state index is 0.175. The van der Waals surface area contributed by atoms with Crippen LogP contribution in [0.25, 0.3) is 10.9 Å². The molecule has 12 heavy (non-hydrogen) atoms. The maximum atomic E-state index is 9.31. The van der Waals surface area contributed by atoms with Gasteiger partial charge < -0.3 is 5.11 Å². The molecule has 0 aliphatic rings. The Balaban J connectivity index is 2.91. The monoisotopic (exact) mass is 223 g/mol. The van der Waals surface area contributed by atoms with E-state index in [2.05, 4.69) is 20.9 Å². The SMILES string of the molecule is Oc1cnc2ccccc2c1Br. The van der Waals surface area contributed by atoms with Crippen LogP contribution in [0.5, 0.6) is 5.75 Å². The summed E-state index contributed by atoms with van der Waals surface area (Å²) >= 11 is 3.29. The van der Waals surface area contributed by atoms with E-state index in [0.717, 1.165) is 10.9 Å². The number of para-hydroxylation sites is 1. The highest BCUT2D eigenvalue weighted by atomic mass is 79.9. The molecular formula is C9H6BrNO. The third-order valence-corrected chi connectivity index (χ3v) is 2.52. The van der Waals surface area contributed by atoms with Crippen LogP contribution in [0.4, 0.5) is 0 Å². The van der Waals surface area contributed by atoms with E-state index in [1.165, 1.54) is 6.20 Å². The minimum absolute atomic E-state index is 0.175. The normalized spacial score (nSPS) is 10.4. The van der Waals surface area contributed by atoms with Crippen molar-refractivity contribution in [2.75, 3.05) is 0 Å². The molecule has 2 aromatic rings. The van der Waals surface area contributed by atoms with Gasteiger partial charge in [0.2, 0.25) is 0 Å². The topological polar surface area (TPSA) is 33.1 Å². The fourth-order valence-corrected chi connectivity index (χ4v) is 1.53. The first-order valence-electron chi connectivity index (χ1n) is 3.51. The van der Waals surface area contributed by atoms with Gasteiger partial charge in [-0.3, -0.25) is 4.98 Å². The van der Waals surface area contributed by atoms with E-state index in [1.807, 2.05) is 24.3 Å². The number of pyridine rings is 1. The predicted molar refractivity (Wildman–Crippen MR) is 51.1 cm³/mol. The van der Waals surface area contributed by atoms with Gasteiger partial charge in [-0.05, 0) is 22.0 Å². The van der Waals surface area contributed by atoms with E-state index in [4.69, 9.17) is 0 Å². The molecule has 0 amide bonds. The van der Waals surface area contributed by atoms with E-state index in [0.29, 0.717) is 4.47 Å². The van der Waals surface area contributed by atoms with E-state index in [1.54, 1.807) is 0 Å². The van der Waals surface area contributed by atoms with E-state index < -0.39 is 0 Å². The summed E-state index contributed by atoms with van der Waals surface area (Å²) in [7, 11) is 0. The van der Waals surface area contributed by atoms with Crippen LogP contribution >= 0.6 is 15.9 Å². The number of aromatic nitrogens is 1. The van der Waals surface area contributed by atoms with Crippen LogP contribution in [0.1, 0.15) is 0 Å². The summed E-state index contributed by atoms with van der Waals surface area (Å²) in [5.41, 5.74) is 0.877. The maximum absolute atomic E-state index is 9.31. The van der Waals surface area contributed by atoms with Gasteiger partial charge in [0.15, 0.2) is 0 Å². The summed E-state index contributed by atoms with van der Waals surface area (Å²) in [5, 5.41) is 10.2. The Hall–Kier alpha value is -1.09. The molecule has 0 fully saturated rings. The first-order chi connectivity index (χ1) is 5.79. The number of benzene rings is 1. The zero-order valence-electron chi connectivity index (χ0n) is 6.16. The molecule has 0 atom stereocenters. The quantitative estimate of drug-likeness (QED) is 0.746. The molecular weight excluding hydrogens is 218 g/mol. The van der Waals surface area contributed by atoms with Crippen LogP contribution in [-0.4, -0.2) is 10.1 Å². The number of halogens is 1. The van der Waals surface area contributed by atoms with Crippen LogP contribution in [0.15, 0.2) is 34.9 Å². The zero-order valence-corrected chi connectivity index (χ0v) is 7.75. The number of nitrogens with zero attached hydrogens (tertiary/aromatic N) is 1. The van der Waals surface area contributed by atoms with Gasteiger partial charge in [-0.1, -0.05) is 18.2 Å². The van der Waals surface area contributed by atoms with Gasteiger partial charge in [0.25, 0.3) is 0 Å². The first-order valence-corrected chi connectivity index (χ1v) is 4.30. The van der Waals surface area contributed by atoms with Gasteiger partial charge in [0.1, 0.15) is 5.75 Å². The van der Waals surface area contributed by atoms with Gasteiger partial charge in [-0.2, -0.15) is 0 Å². The number of hydrogen-bond acceptors (Lipinski definition) is 2. The Morgan fingerprint density at radius 2 is 2.00 bits per heavy atom. The summed E-state index contributed by atoms with van der Waals surface area (Å²) < 4.78 is 0.702. The second-order valence-electron chi connectivity index (χ2n) is 2.47. The summed E-state index contributed by atoms with van der Waals surface area (Å²) in [6, 6.07) is 7.64. The van der Waals surface area contributed by atoms with E-state index in [9.17, 15) is 5.11 Å². The van der Waals surface area contributed by atoms with Crippen molar-refractivity contribution < 1.29 is 5.11 Å². The Bertz CT molecular complexity index is 428. The van der Waals surface area contributed by atoms with E-state index >= 15 is 0 Å². The smallest absolute Gasteiger partial charge is 0.148 e. The Kier molecular flexibility index (Phi) is 1.73. The van der Waals surface area contributed by atoms with Gasteiger partial charge in [0, 0.05) is 5.39 Å². The average Bonchev–Trinajstić information content (AvgIpc) is 2.12. The number of hydrogen-bond donors (Lipinski definition) is 1. The second-order valence-corrected chi connectivity index (χ2v) is 3.27. The predicted octanol–water partition coefficient (Wildman–Crippen LogP) is 2.70. The second kappa shape index (κ2) is 2.75. The molecule has 0 saturated heterocycles. The summed E-state index contributed by atoms with van der Waals surface area (Å²) in [6.07, 6.45) is 1.44. The lowest BCUT2D eigenvalue weighted by molar-refractivity contribution is 0.470. The van der Waals surface area contributed by atoms with Crippen LogP contribution < -0.4 is 0 Å². The third-order valence-electron chi connectivity index (χ3n) is 1.69. The highest BCUT2D eigenvalue weighted by Gasteiger charge is 2.02. The minimum Gasteiger partial charge on any atom is -0.505 e. The Labute approximate surface area is 78.0 Å². The van der Waals surface area contributed by atoms with Crippen molar-refractivity contribution in [1.82, 2.24) is 4.98 Å². The van der Waals surface area contributed by atoms with Crippen LogP contribution in [-0.2, 0) is 0 Å². The average molecular weight is 224 g/mol. The molecule has 0 saturated carbocycles. The first kappa shape index (κ1) is 7.55. The van der Waals surface area contributed by atoms with E-state index in [-0.39, 0.29) is 5.75 Å². The van der Waals surface area contributed by atoms with Gasteiger partial charge in [-0.25, -0.2) is 0 Å². The van der Waals surface area contributed by atoms with Gasteiger partial charge >= 0.3 is 0 Å². The van der Waals surface area contributed by atoms with Crippen molar-refractivity contribution in [3.05, 3.63) is 34.9 Å². The zero-order chi connectivity index (χ0) is 8.55. The highest BCUT2D eigenvalue weighted by molar-refractivity contribution is 9.10. The number of fused-ring (bicyclic) bond motifs is 1. The summed E-state index contributed by atoms with van der Waals surface area (Å²) in [4.78, 5) is 4.06. The molecule has 1 N–H and O–H groups in total. The number of rotatable bonds is 0. The lowest BCUT2D eigenvalue weighted by Gasteiger charge is -2.00. The molecule has 3 heteroatoms. The summed E-state index contributed by atoms with van der Waals surface area (Å²) in [5.74, 6) is 0.175. The Morgan fingerprint density at radius 1 is 1.25 bits per heavy atom. The largest absolute Gasteiger partial charge is 0.505 e. The van der Waals surface area contributed by atoms with Crippen molar-refractivity contribution in [2.45, 2.75) is 0 Å². The van der Waals surface area contributed by atoms with Crippen molar-refractivity contribution >= 4 is 26.8 Å². The van der Waals surface area contributed by atoms with Crippen molar-refractivity contribution in [1.29, 1.82) is 0 Å². The molecule has 0 aliphatic carbocycles. The van der Waals surface area contributed by atoms with Crippen LogP contribution in [0, 0.1) is 0 Å². The molecule has 60 valence electrons. The lowest BCUT2D eigenvalue weighted by Crippen LogP contribution is -1.79. The fraction of sp³-hybridized carbons (Fsp3) is 0. The molecule has 1 aromatic carbocycles. The molecule has 2 rings (SSSR count). The maximum Gasteiger partial charge on any atom is 0.148 e. The molecule has 0 spiro atoms. The highest BCUT2D eigenvalue weighted by Crippen LogP contribution is 2.29. The van der Waals surface area contributed by atoms with Gasteiger partial charge in [0.05, 0.1) is 16.2 Å². The molecule has 1 aromatic heterocycles. The molecule has 0 unspecified atom stereocenters. The standard InChI is InChI=1S/C9H6BrNO/c10-9-6-3-1-2-4-7(6)11-5-8(9)12/h1-5,12H. The molecule has 1 heterocycles. The Morgan fingerprint density at radius 3 is 2.83 bits per heavy atom. The fourth-order valence-electron chi connectivity index (χ4n) is 1.10. The molecule has 0 bridgehead atoms. The molecule has 0 aliphatic heterocycles. The third kappa shape index (κ3) is 1.06. The van der Waals surface area contributed by atoms with Crippen molar-refractivity contribution in [2.24, 2.45) is 0 Å². The molecule has 2 nitrogen and oxygen atoms in total. The van der Waals surface area contributed by atoms with Crippen molar-refractivity contribution in [3.63, 3.8) is 0 Å². The van der Waals surface area contributed by atoms with Crippen LogP contribution in [0.3, 0.4) is 0 Å². The van der Waals surface area contributed by atoms with Crippen molar-refractivity contribution in [3.8, 4) is 5.75 Å². The van der Waals surface area contributed by atoms with Crippen LogP contribution in [0.2, 0.25) is 0 Å².